The van der Waals surface area contributed by atoms with Crippen LogP contribution >= 0.6 is 11.6 Å². The van der Waals surface area contributed by atoms with Crippen LogP contribution in [0.2, 0.25) is 5.02 Å². The van der Waals surface area contributed by atoms with Crippen molar-refractivity contribution in [1.82, 2.24) is 15.0 Å². The van der Waals surface area contributed by atoms with E-state index in [-0.39, 0.29) is 5.91 Å². The Balaban J connectivity index is 1.63. The van der Waals surface area contributed by atoms with Crippen LogP contribution in [0.1, 0.15) is 18.4 Å². The van der Waals surface area contributed by atoms with Gasteiger partial charge in [-0.15, -0.1) is 0 Å². The zero-order valence-electron chi connectivity index (χ0n) is 14.8. The zero-order valence-corrected chi connectivity index (χ0v) is 15.6. The predicted molar refractivity (Wildman–Crippen MR) is 106 cm³/mol. The molecule has 1 aromatic carbocycles. The summed E-state index contributed by atoms with van der Waals surface area (Å²) in [7, 11) is 0. The van der Waals surface area contributed by atoms with Gasteiger partial charge in [0.25, 0.3) is 0 Å². The molecule has 7 heteroatoms. The Labute approximate surface area is 162 Å². The summed E-state index contributed by atoms with van der Waals surface area (Å²) in [5.74, 6) is 0.544. The van der Waals surface area contributed by atoms with E-state index in [1.54, 1.807) is 23.5 Å². The molecule has 1 aliphatic heterocycles. The summed E-state index contributed by atoms with van der Waals surface area (Å²) in [5, 5.41) is 3.65. The number of nitrogens with zero attached hydrogens (tertiary/aromatic N) is 4. The van der Waals surface area contributed by atoms with Crippen LogP contribution in [0.5, 0.6) is 0 Å². The lowest BCUT2D eigenvalue weighted by Crippen LogP contribution is -2.23. The van der Waals surface area contributed by atoms with Gasteiger partial charge in [-0.05, 0) is 25.0 Å². The molecule has 0 bridgehead atoms. The minimum atomic E-state index is 0.124. The Kier molecular flexibility index (Phi) is 4.73. The van der Waals surface area contributed by atoms with Crippen LogP contribution in [-0.4, -0.2) is 27.4 Å². The van der Waals surface area contributed by atoms with Gasteiger partial charge >= 0.3 is 0 Å². The Morgan fingerprint density at radius 2 is 2.04 bits per heavy atom. The average molecular weight is 380 g/mol. The molecule has 0 radical (unpaired) electrons. The molecule has 1 amide bonds. The number of anilines is 3. The number of aryl methyl sites for hydroxylation is 1. The SMILES string of the molecule is Cc1ccccc1-c1nc(Nc2cncc(N3CCCC3=O)c2)ncc1Cl. The topological polar surface area (TPSA) is 71.0 Å². The van der Waals surface area contributed by atoms with Crippen molar-refractivity contribution in [3.05, 3.63) is 59.5 Å². The molecule has 6 nitrogen and oxygen atoms in total. The largest absolute Gasteiger partial charge is 0.323 e. The first kappa shape index (κ1) is 17.4. The minimum Gasteiger partial charge on any atom is -0.323 e. The van der Waals surface area contributed by atoms with E-state index in [0.717, 1.165) is 29.8 Å². The number of hydrogen-bond acceptors (Lipinski definition) is 5. The number of aromatic nitrogens is 3. The van der Waals surface area contributed by atoms with Crippen molar-refractivity contribution in [3.63, 3.8) is 0 Å². The number of carbonyl (C=O) groups is 1. The van der Waals surface area contributed by atoms with Crippen LogP contribution in [0.3, 0.4) is 0 Å². The predicted octanol–water partition coefficient (Wildman–Crippen LogP) is 4.37. The lowest BCUT2D eigenvalue weighted by atomic mass is 10.1. The Hall–Kier alpha value is -2.99. The number of nitrogens with one attached hydrogen (secondary N) is 1. The summed E-state index contributed by atoms with van der Waals surface area (Å²) in [5.41, 5.74) is 4.20. The van der Waals surface area contributed by atoms with Gasteiger partial charge < -0.3 is 10.2 Å². The van der Waals surface area contributed by atoms with Crippen molar-refractivity contribution in [3.8, 4) is 11.3 Å². The van der Waals surface area contributed by atoms with Crippen molar-refractivity contribution in [2.75, 3.05) is 16.8 Å². The van der Waals surface area contributed by atoms with Gasteiger partial charge in [-0.2, -0.15) is 0 Å². The van der Waals surface area contributed by atoms with E-state index in [1.807, 2.05) is 37.3 Å². The molecular formula is C20H18ClN5O. The maximum absolute atomic E-state index is 12.0. The number of hydrogen-bond donors (Lipinski definition) is 1. The molecule has 1 aliphatic rings. The molecule has 0 saturated carbocycles. The lowest BCUT2D eigenvalue weighted by molar-refractivity contribution is -0.117. The van der Waals surface area contributed by atoms with E-state index in [0.29, 0.717) is 28.8 Å². The Morgan fingerprint density at radius 3 is 2.81 bits per heavy atom. The molecule has 0 unspecified atom stereocenters. The van der Waals surface area contributed by atoms with Gasteiger partial charge in [0, 0.05) is 18.5 Å². The molecule has 3 aromatic rings. The normalized spacial score (nSPS) is 13.9. The van der Waals surface area contributed by atoms with E-state index < -0.39 is 0 Å². The number of halogens is 1. The first-order valence-electron chi connectivity index (χ1n) is 8.73. The molecule has 2 aromatic heterocycles. The summed E-state index contributed by atoms with van der Waals surface area (Å²) in [6.07, 6.45) is 6.40. The van der Waals surface area contributed by atoms with Gasteiger partial charge in [0.2, 0.25) is 11.9 Å². The first-order chi connectivity index (χ1) is 13.1. The molecule has 3 heterocycles. The van der Waals surface area contributed by atoms with Gasteiger partial charge in [-0.25, -0.2) is 9.97 Å². The van der Waals surface area contributed by atoms with Crippen molar-refractivity contribution in [2.45, 2.75) is 19.8 Å². The van der Waals surface area contributed by atoms with Crippen LogP contribution in [0.4, 0.5) is 17.3 Å². The highest BCUT2D eigenvalue weighted by Crippen LogP contribution is 2.30. The highest BCUT2D eigenvalue weighted by atomic mass is 35.5. The van der Waals surface area contributed by atoms with E-state index in [2.05, 4.69) is 20.3 Å². The monoisotopic (exact) mass is 379 g/mol. The maximum atomic E-state index is 12.0. The second-order valence-electron chi connectivity index (χ2n) is 6.41. The van der Waals surface area contributed by atoms with Gasteiger partial charge in [-0.3, -0.25) is 9.78 Å². The van der Waals surface area contributed by atoms with E-state index in [9.17, 15) is 4.79 Å². The summed E-state index contributed by atoms with van der Waals surface area (Å²) in [4.78, 5) is 26.8. The van der Waals surface area contributed by atoms with E-state index >= 15 is 0 Å². The third-order valence-electron chi connectivity index (χ3n) is 4.51. The van der Waals surface area contributed by atoms with Crippen molar-refractivity contribution < 1.29 is 4.79 Å². The highest BCUT2D eigenvalue weighted by Gasteiger charge is 2.22. The molecule has 1 saturated heterocycles. The van der Waals surface area contributed by atoms with Gasteiger partial charge in [0.05, 0.1) is 40.7 Å². The molecule has 0 atom stereocenters. The van der Waals surface area contributed by atoms with Crippen LogP contribution < -0.4 is 10.2 Å². The molecule has 0 aliphatic carbocycles. The number of amides is 1. The Bertz CT molecular complexity index is 1010. The quantitative estimate of drug-likeness (QED) is 0.728. The fourth-order valence-corrected chi connectivity index (χ4v) is 3.34. The Morgan fingerprint density at radius 1 is 1.19 bits per heavy atom. The van der Waals surface area contributed by atoms with Crippen molar-refractivity contribution in [1.29, 1.82) is 0 Å². The smallest absolute Gasteiger partial charge is 0.227 e. The van der Waals surface area contributed by atoms with E-state index in [1.165, 1.54) is 0 Å². The lowest BCUT2D eigenvalue weighted by Gasteiger charge is -2.16. The minimum absolute atomic E-state index is 0.124. The second-order valence-corrected chi connectivity index (χ2v) is 6.82. The second kappa shape index (κ2) is 7.32. The van der Waals surface area contributed by atoms with Gasteiger partial charge in [-0.1, -0.05) is 35.9 Å². The molecule has 1 N–H and O–H groups in total. The van der Waals surface area contributed by atoms with Crippen LogP contribution in [-0.2, 0) is 4.79 Å². The summed E-state index contributed by atoms with van der Waals surface area (Å²) < 4.78 is 0. The third-order valence-corrected chi connectivity index (χ3v) is 4.79. The van der Waals surface area contributed by atoms with Gasteiger partial charge in [0.15, 0.2) is 0 Å². The average Bonchev–Trinajstić information content (AvgIpc) is 3.10. The standard InChI is InChI=1S/C20H18ClN5O/c1-13-5-2-3-6-16(13)19-17(21)12-23-20(25-19)24-14-9-15(11-22-10-14)26-8-4-7-18(26)27/h2-3,5-6,9-12H,4,7-8H2,1H3,(H,23,24,25). The number of pyridine rings is 1. The van der Waals surface area contributed by atoms with Crippen molar-refractivity contribution >= 4 is 34.8 Å². The molecule has 1 fully saturated rings. The van der Waals surface area contributed by atoms with Gasteiger partial charge in [0.1, 0.15) is 0 Å². The third kappa shape index (κ3) is 3.61. The molecule has 4 rings (SSSR count). The zero-order chi connectivity index (χ0) is 18.8. The fourth-order valence-electron chi connectivity index (χ4n) is 3.15. The highest BCUT2D eigenvalue weighted by molar-refractivity contribution is 6.33. The fraction of sp³-hybridized carbons (Fsp3) is 0.200. The maximum Gasteiger partial charge on any atom is 0.227 e. The number of carbonyl (C=O) groups excluding carboxylic acids is 1. The first-order valence-corrected chi connectivity index (χ1v) is 9.10. The summed E-state index contributed by atoms with van der Waals surface area (Å²) in [6, 6.07) is 9.80. The molecule has 27 heavy (non-hydrogen) atoms. The summed E-state index contributed by atoms with van der Waals surface area (Å²) >= 11 is 6.32. The van der Waals surface area contributed by atoms with Crippen LogP contribution in [0, 0.1) is 6.92 Å². The van der Waals surface area contributed by atoms with Crippen molar-refractivity contribution in [2.24, 2.45) is 0 Å². The summed E-state index contributed by atoms with van der Waals surface area (Å²) in [6.45, 7) is 2.74. The van der Waals surface area contributed by atoms with E-state index in [4.69, 9.17) is 11.6 Å². The van der Waals surface area contributed by atoms with Crippen LogP contribution in [0.15, 0.2) is 48.9 Å². The molecular weight excluding hydrogens is 362 g/mol. The number of benzene rings is 1. The van der Waals surface area contributed by atoms with Crippen LogP contribution in [0.25, 0.3) is 11.3 Å². The molecule has 136 valence electrons. The molecule has 0 spiro atoms. The number of rotatable bonds is 4.